The molecule has 1 aliphatic heterocycles. The Kier molecular flexibility index (Phi) is 4.45. The zero-order chi connectivity index (χ0) is 27.4. The van der Waals surface area contributed by atoms with Crippen LogP contribution in [0.3, 0.4) is 0 Å². The van der Waals surface area contributed by atoms with Crippen molar-refractivity contribution in [2.45, 2.75) is 95.7 Å². The van der Waals surface area contributed by atoms with Crippen molar-refractivity contribution in [3.63, 3.8) is 0 Å². The summed E-state index contributed by atoms with van der Waals surface area (Å²) in [6.45, 7) is 13.7. The minimum absolute atomic E-state index is 0.0354. The molecule has 1 saturated heterocycles. The summed E-state index contributed by atoms with van der Waals surface area (Å²) in [5, 5.41) is 0. The lowest BCUT2D eigenvalue weighted by Crippen LogP contribution is -2.57. The lowest BCUT2D eigenvalue weighted by atomic mass is 9.42. The van der Waals surface area contributed by atoms with E-state index >= 15 is 0 Å². The van der Waals surface area contributed by atoms with Crippen molar-refractivity contribution in [2.75, 3.05) is 0 Å². The number of hydrogen-bond donors (Lipinski definition) is 0. The Hall–Kier alpha value is -2.36. The van der Waals surface area contributed by atoms with Gasteiger partial charge >= 0.3 is 7.12 Å². The molecule has 2 nitrogen and oxygen atoms in total. The van der Waals surface area contributed by atoms with E-state index in [4.69, 9.17) is 9.31 Å². The van der Waals surface area contributed by atoms with Gasteiger partial charge in [-0.15, -0.1) is 0 Å². The van der Waals surface area contributed by atoms with Gasteiger partial charge in [0.25, 0.3) is 0 Å². The average molecular weight is 529 g/mol. The highest BCUT2D eigenvalue weighted by Gasteiger charge is 2.64. The van der Waals surface area contributed by atoms with Gasteiger partial charge < -0.3 is 9.31 Å². The predicted octanol–water partition coefficient (Wildman–Crippen LogP) is 8.01. The fourth-order valence-electron chi connectivity index (χ4n) is 10.8. The zero-order valence-electron chi connectivity index (χ0n) is 24.9. The summed E-state index contributed by atoms with van der Waals surface area (Å²) in [4.78, 5) is 0. The van der Waals surface area contributed by atoms with Gasteiger partial charge in [0, 0.05) is 10.8 Å². The predicted molar refractivity (Wildman–Crippen MR) is 163 cm³/mol. The Balaban J connectivity index is 1.36. The Morgan fingerprint density at radius 2 is 1.23 bits per heavy atom. The summed E-state index contributed by atoms with van der Waals surface area (Å²) in [7, 11) is -0.332. The number of rotatable bonds is 1. The van der Waals surface area contributed by atoms with Gasteiger partial charge in [-0.25, -0.2) is 0 Å². The van der Waals surface area contributed by atoms with Crippen LogP contribution in [0, 0.1) is 23.7 Å². The summed E-state index contributed by atoms with van der Waals surface area (Å²) in [5.41, 5.74) is 12.7. The first-order valence-electron chi connectivity index (χ1n) is 15.8. The SMILES string of the molecule is CC1(C)c2ccccc2-c2ccc3c(c21)-c1cccc(B2OC(C)(C)C(C)(C)O2)c1C31C2CC3CC(C2)CC1C3. The van der Waals surface area contributed by atoms with Gasteiger partial charge in [0.05, 0.1) is 11.2 Å². The fraction of sp³-hybridized carbons (Fsp3) is 0.514. The molecule has 1 spiro atoms. The zero-order valence-corrected chi connectivity index (χ0v) is 24.9. The van der Waals surface area contributed by atoms with Gasteiger partial charge in [-0.1, -0.05) is 68.4 Å². The van der Waals surface area contributed by atoms with Gasteiger partial charge in [0.15, 0.2) is 0 Å². The van der Waals surface area contributed by atoms with Crippen LogP contribution in [-0.4, -0.2) is 18.3 Å². The monoisotopic (exact) mass is 528 g/mol. The molecule has 4 bridgehead atoms. The molecule has 0 unspecified atom stereocenters. The van der Waals surface area contributed by atoms with E-state index in [9.17, 15) is 0 Å². The average Bonchev–Trinajstić information content (AvgIpc) is 3.42. The minimum Gasteiger partial charge on any atom is -0.399 e. The summed E-state index contributed by atoms with van der Waals surface area (Å²) in [6.07, 6.45) is 6.98. The summed E-state index contributed by atoms with van der Waals surface area (Å²) < 4.78 is 13.6. The maximum absolute atomic E-state index is 6.82. The van der Waals surface area contributed by atoms with Gasteiger partial charge in [0.1, 0.15) is 0 Å². The molecule has 5 fully saturated rings. The second-order valence-corrected chi connectivity index (χ2v) is 15.6. The summed E-state index contributed by atoms with van der Waals surface area (Å²) >= 11 is 0. The molecule has 3 aromatic rings. The topological polar surface area (TPSA) is 18.5 Å². The second kappa shape index (κ2) is 7.34. The van der Waals surface area contributed by atoms with Gasteiger partial charge in [-0.3, -0.25) is 0 Å². The Morgan fingerprint density at radius 1 is 0.600 bits per heavy atom. The molecule has 7 aliphatic rings. The van der Waals surface area contributed by atoms with Crippen molar-refractivity contribution >= 4 is 12.6 Å². The molecule has 1 heterocycles. The van der Waals surface area contributed by atoms with Crippen molar-refractivity contribution in [3.05, 3.63) is 76.9 Å². The van der Waals surface area contributed by atoms with E-state index < -0.39 is 0 Å². The molecule has 40 heavy (non-hydrogen) atoms. The van der Waals surface area contributed by atoms with Crippen LogP contribution in [-0.2, 0) is 20.1 Å². The Morgan fingerprint density at radius 3 is 1.90 bits per heavy atom. The van der Waals surface area contributed by atoms with Crippen LogP contribution in [0.5, 0.6) is 0 Å². The van der Waals surface area contributed by atoms with Gasteiger partial charge in [-0.05, 0) is 133 Å². The fourth-order valence-corrected chi connectivity index (χ4v) is 10.8. The van der Waals surface area contributed by atoms with Crippen LogP contribution < -0.4 is 5.46 Å². The third kappa shape index (κ3) is 2.67. The molecular formula is C37H41BO2. The van der Waals surface area contributed by atoms with Crippen LogP contribution in [0.2, 0.25) is 0 Å². The molecule has 10 rings (SSSR count). The van der Waals surface area contributed by atoms with Crippen molar-refractivity contribution in [3.8, 4) is 22.3 Å². The first kappa shape index (κ1) is 24.3. The molecular weight excluding hydrogens is 487 g/mol. The molecule has 0 amide bonds. The van der Waals surface area contributed by atoms with Crippen LogP contribution in [0.25, 0.3) is 22.3 Å². The molecule has 0 atom stereocenters. The smallest absolute Gasteiger partial charge is 0.399 e. The molecule has 0 radical (unpaired) electrons. The molecule has 204 valence electrons. The molecule has 0 N–H and O–H groups in total. The van der Waals surface area contributed by atoms with E-state index in [2.05, 4.69) is 96.1 Å². The number of hydrogen-bond acceptors (Lipinski definition) is 2. The van der Waals surface area contributed by atoms with Crippen LogP contribution in [0.1, 0.15) is 95.9 Å². The van der Waals surface area contributed by atoms with Crippen molar-refractivity contribution in [1.29, 1.82) is 0 Å². The van der Waals surface area contributed by atoms with Gasteiger partial charge in [0.2, 0.25) is 0 Å². The van der Waals surface area contributed by atoms with Crippen molar-refractivity contribution in [1.82, 2.24) is 0 Å². The van der Waals surface area contributed by atoms with Crippen LogP contribution in [0.4, 0.5) is 0 Å². The van der Waals surface area contributed by atoms with E-state index in [1.807, 2.05) is 0 Å². The van der Waals surface area contributed by atoms with E-state index in [-0.39, 0.29) is 29.2 Å². The maximum Gasteiger partial charge on any atom is 0.495 e. The molecule has 6 aliphatic carbocycles. The third-order valence-corrected chi connectivity index (χ3v) is 12.9. The van der Waals surface area contributed by atoms with Crippen molar-refractivity contribution in [2.24, 2.45) is 23.7 Å². The molecule has 3 aromatic carbocycles. The Bertz CT molecular complexity index is 1570. The Labute approximate surface area is 240 Å². The van der Waals surface area contributed by atoms with E-state index in [1.165, 1.54) is 59.8 Å². The maximum atomic E-state index is 6.82. The normalized spacial score (nSPS) is 34.2. The number of benzene rings is 3. The van der Waals surface area contributed by atoms with E-state index in [0.717, 1.165) is 11.8 Å². The highest BCUT2D eigenvalue weighted by Crippen LogP contribution is 2.71. The van der Waals surface area contributed by atoms with E-state index in [1.54, 1.807) is 22.3 Å². The standard InChI is InChI=1S/C37H41BO2/c1-34(2)28-12-8-7-10-25(28)26-14-15-29-31(33(26)34)27-11-9-13-30(38-39-35(3,4)36(5,6)40-38)32(27)37(29)23-17-21-16-22(19-23)20-24(37)18-21/h7-15,21-24H,16-20H2,1-6H3. The van der Waals surface area contributed by atoms with Crippen LogP contribution >= 0.6 is 0 Å². The number of fused-ring (bicyclic) bond motifs is 7. The van der Waals surface area contributed by atoms with E-state index in [0.29, 0.717) is 11.8 Å². The minimum atomic E-state index is -0.353. The molecule has 0 aromatic heterocycles. The summed E-state index contributed by atoms with van der Waals surface area (Å²) in [6, 6.07) is 21.3. The van der Waals surface area contributed by atoms with Crippen molar-refractivity contribution < 1.29 is 9.31 Å². The summed E-state index contributed by atoms with van der Waals surface area (Å²) in [5.74, 6) is 3.24. The van der Waals surface area contributed by atoms with Gasteiger partial charge in [-0.2, -0.15) is 0 Å². The highest BCUT2D eigenvalue weighted by molar-refractivity contribution is 6.63. The molecule has 3 heteroatoms. The lowest BCUT2D eigenvalue weighted by Gasteiger charge is -2.61. The largest absolute Gasteiger partial charge is 0.495 e. The lowest BCUT2D eigenvalue weighted by molar-refractivity contribution is -0.0396. The highest BCUT2D eigenvalue weighted by atomic mass is 16.7. The van der Waals surface area contributed by atoms with Crippen LogP contribution in [0.15, 0.2) is 54.6 Å². The first-order chi connectivity index (χ1) is 19.0. The second-order valence-electron chi connectivity index (χ2n) is 15.6. The molecule has 4 saturated carbocycles. The third-order valence-electron chi connectivity index (χ3n) is 12.9. The quantitative estimate of drug-likeness (QED) is 0.298. The first-order valence-corrected chi connectivity index (χ1v) is 15.8.